The summed E-state index contributed by atoms with van der Waals surface area (Å²) in [6.07, 6.45) is 0. The van der Waals surface area contributed by atoms with Crippen molar-refractivity contribution in [2.75, 3.05) is 5.73 Å². The largest absolute Gasteiger partial charge is 0.398 e. The highest BCUT2D eigenvalue weighted by atomic mass is 79.9. The van der Waals surface area contributed by atoms with Gasteiger partial charge in [0.05, 0.1) is 4.92 Å². The van der Waals surface area contributed by atoms with E-state index in [4.69, 9.17) is 5.73 Å². The zero-order chi connectivity index (χ0) is 14.7. The van der Waals surface area contributed by atoms with Crippen molar-refractivity contribution >= 4 is 39.1 Å². The molecule has 0 saturated heterocycles. The molecule has 6 heteroatoms. The number of rotatable bonds is 4. The molecular formula is C14H13BrN2O2S. The summed E-state index contributed by atoms with van der Waals surface area (Å²) in [5, 5.41) is 10.7. The number of nitrogen functional groups attached to an aromatic ring is 1. The molecule has 0 fully saturated rings. The first kappa shape index (κ1) is 14.9. The first-order valence-corrected chi connectivity index (χ1v) is 7.67. The minimum atomic E-state index is -0.403. The Morgan fingerprint density at radius 3 is 2.70 bits per heavy atom. The normalized spacial score (nSPS) is 10.5. The number of nitro benzene ring substituents is 1. The van der Waals surface area contributed by atoms with Crippen LogP contribution < -0.4 is 5.73 Å². The molecule has 20 heavy (non-hydrogen) atoms. The molecule has 0 aliphatic heterocycles. The van der Waals surface area contributed by atoms with Crippen molar-refractivity contribution in [1.82, 2.24) is 0 Å². The smallest absolute Gasteiger partial charge is 0.270 e. The van der Waals surface area contributed by atoms with Crippen molar-refractivity contribution in [1.29, 1.82) is 0 Å². The van der Waals surface area contributed by atoms with Crippen LogP contribution in [0.2, 0.25) is 0 Å². The lowest BCUT2D eigenvalue weighted by molar-refractivity contribution is -0.384. The average Bonchev–Trinajstić information content (AvgIpc) is 2.40. The van der Waals surface area contributed by atoms with Crippen LogP contribution in [0.25, 0.3) is 0 Å². The quantitative estimate of drug-likeness (QED) is 0.379. The van der Waals surface area contributed by atoms with Gasteiger partial charge >= 0.3 is 0 Å². The number of thioether (sulfide) groups is 1. The molecule has 2 N–H and O–H groups in total. The van der Waals surface area contributed by atoms with Gasteiger partial charge in [-0.05, 0) is 30.2 Å². The van der Waals surface area contributed by atoms with Crippen LogP contribution in [0.1, 0.15) is 11.1 Å². The van der Waals surface area contributed by atoms with E-state index in [9.17, 15) is 10.1 Å². The van der Waals surface area contributed by atoms with Crippen molar-refractivity contribution in [2.45, 2.75) is 17.6 Å². The van der Waals surface area contributed by atoms with Gasteiger partial charge in [0.25, 0.3) is 5.69 Å². The van der Waals surface area contributed by atoms with Crippen molar-refractivity contribution in [3.05, 3.63) is 62.1 Å². The number of anilines is 1. The first-order valence-electron chi connectivity index (χ1n) is 5.89. The van der Waals surface area contributed by atoms with Gasteiger partial charge < -0.3 is 5.73 Å². The third-order valence-corrected chi connectivity index (χ3v) is 4.66. The fraction of sp³-hybridized carbons (Fsp3) is 0.143. The van der Waals surface area contributed by atoms with Gasteiger partial charge in [0, 0.05) is 32.9 Å². The van der Waals surface area contributed by atoms with E-state index in [0.29, 0.717) is 5.75 Å². The summed E-state index contributed by atoms with van der Waals surface area (Å²) in [6.45, 7) is 2.02. The second-order valence-electron chi connectivity index (χ2n) is 4.36. The molecule has 2 rings (SSSR count). The Balaban J connectivity index is 2.15. The molecule has 4 nitrogen and oxygen atoms in total. The minimum absolute atomic E-state index is 0.0840. The molecular weight excluding hydrogens is 340 g/mol. The monoisotopic (exact) mass is 352 g/mol. The van der Waals surface area contributed by atoms with E-state index in [-0.39, 0.29) is 5.69 Å². The van der Waals surface area contributed by atoms with Gasteiger partial charge in [-0.25, -0.2) is 0 Å². The van der Waals surface area contributed by atoms with Crippen LogP contribution >= 0.6 is 27.7 Å². The third kappa shape index (κ3) is 3.52. The van der Waals surface area contributed by atoms with Gasteiger partial charge in [0.1, 0.15) is 0 Å². The number of benzene rings is 2. The van der Waals surface area contributed by atoms with Crippen LogP contribution in [0.4, 0.5) is 11.4 Å². The van der Waals surface area contributed by atoms with Gasteiger partial charge in [0.2, 0.25) is 0 Å². The minimum Gasteiger partial charge on any atom is -0.398 e. The fourth-order valence-electron chi connectivity index (χ4n) is 1.69. The summed E-state index contributed by atoms with van der Waals surface area (Å²) in [5.41, 5.74) is 8.92. The van der Waals surface area contributed by atoms with Crippen LogP contribution in [-0.4, -0.2) is 4.92 Å². The molecule has 0 atom stereocenters. The van der Waals surface area contributed by atoms with E-state index in [0.717, 1.165) is 26.2 Å². The molecule has 0 bridgehead atoms. The number of aryl methyl sites for hydroxylation is 1. The number of nitro groups is 1. The van der Waals surface area contributed by atoms with E-state index in [1.807, 2.05) is 25.1 Å². The number of non-ortho nitro benzene ring substituents is 1. The van der Waals surface area contributed by atoms with Gasteiger partial charge in [-0.2, -0.15) is 0 Å². The summed E-state index contributed by atoms with van der Waals surface area (Å²) >= 11 is 4.99. The molecule has 0 aliphatic rings. The lowest BCUT2D eigenvalue weighted by Crippen LogP contribution is -1.92. The summed E-state index contributed by atoms with van der Waals surface area (Å²) in [6, 6.07) is 10.7. The Morgan fingerprint density at radius 1 is 1.30 bits per heavy atom. The number of hydrogen-bond acceptors (Lipinski definition) is 4. The first-order chi connectivity index (χ1) is 9.47. The number of nitrogens with two attached hydrogens (primary N) is 1. The van der Waals surface area contributed by atoms with Crippen molar-refractivity contribution in [2.24, 2.45) is 0 Å². The van der Waals surface area contributed by atoms with Gasteiger partial charge in [-0.1, -0.05) is 28.1 Å². The molecule has 0 aromatic heterocycles. The maximum absolute atomic E-state index is 10.7. The molecule has 0 aliphatic carbocycles. The molecule has 0 unspecified atom stereocenters. The predicted octanol–water partition coefficient (Wildman–Crippen LogP) is 4.54. The Labute approximate surface area is 129 Å². The number of halogens is 1. The van der Waals surface area contributed by atoms with Crippen molar-refractivity contribution in [3.8, 4) is 0 Å². The second kappa shape index (κ2) is 6.28. The average molecular weight is 353 g/mol. The molecule has 0 spiro atoms. The zero-order valence-electron chi connectivity index (χ0n) is 10.8. The summed E-state index contributed by atoms with van der Waals surface area (Å²) in [5.74, 6) is 0.701. The molecule has 104 valence electrons. The van der Waals surface area contributed by atoms with Crippen LogP contribution in [0.15, 0.2) is 45.8 Å². The van der Waals surface area contributed by atoms with E-state index < -0.39 is 4.92 Å². The van der Waals surface area contributed by atoms with Crippen LogP contribution in [-0.2, 0) is 5.75 Å². The third-order valence-electron chi connectivity index (χ3n) is 2.80. The highest BCUT2D eigenvalue weighted by Gasteiger charge is 2.10. The molecule has 0 saturated carbocycles. The highest BCUT2D eigenvalue weighted by Crippen LogP contribution is 2.32. The molecule has 2 aromatic carbocycles. The van der Waals surface area contributed by atoms with Gasteiger partial charge in [-0.15, -0.1) is 11.8 Å². The lowest BCUT2D eigenvalue weighted by atomic mass is 10.2. The Bertz CT molecular complexity index is 662. The predicted molar refractivity (Wildman–Crippen MR) is 85.9 cm³/mol. The zero-order valence-corrected chi connectivity index (χ0v) is 13.2. The van der Waals surface area contributed by atoms with E-state index in [1.165, 1.54) is 12.1 Å². The van der Waals surface area contributed by atoms with Gasteiger partial charge in [0.15, 0.2) is 0 Å². The Kier molecular flexibility index (Phi) is 4.67. The van der Waals surface area contributed by atoms with Crippen molar-refractivity contribution < 1.29 is 4.92 Å². The lowest BCUT2D eigenvalue weighted by Gasteiger charge is -2.08. The standard InChI is InChI=1S/C14H13BrN2O2S/c1-9-2-5-13(16)14(6-9)20-8-10-3-4-11(17(18)19)7-12(10)15/h2-7H,8,16H2,1H3. The maximum Gasteiger partial charge on any atom is 0.270 e. The molecule has 0 heterocycles. The Hall–Kier alpha value is -1.53. The second-order valence-corrected chi connectivity index (χ2v) is 6.23. The van der Waals surface area contributed by atoms with E-state index in [2.05, 4.69) is 15.9 Å². The summed E-state index contributed by atoms with van der Waals surface area (Å²) in [4.78, 5) is 11.3. The Morgan fingerprint density at radius 2 is 2.05 bits per heavy atom. The van der Waals surface area contributed by atoms with E-state index in [1.54, 1.807) is 17.8 Å². The SMILES string of the molecule is Cc1ccc(N)c(SCc2ccc([N+](=O)[O-])cc2Br)c1. The topological polar surface area (TPSA) is 69.2 Å². The van der Waals surface area contributed by atoms with Crippen molar-refractivity contribution in [3.63, 3.8) is 0 Å². The summed E-state index contributed by atoms with van der Waals surface area (Å²) in [7, 11) is 0. The van der Waals surface area contributed by atoms with Crippen LogP contribution in [0.3, 0.4) is 0 Å². The highest BCUT2D eigenvalue weighted by molar-refractivity contribution is 9.10. The number of hydrogen-bond donors (Lipinski definition) is 1. The molecule has 2 aromatic rings. The van der Waals surface area contributed by atoms with E-state index >= 15 is 0 Å². The fourth-order valence-corrected chi connectivity index (χ4v) is 3.45. The molecule has 0 radical (unpaired) electrons. The van der Waals surface area contributed by atoms with Crippen LogP contribution in [0.5, 0.6) is 0 Å². The summed E-state index contributed by atoms with van der Waals surface area (Å²) < 4.78 is 0.741. The van der Waals surface area contributed by atoms with Gasteiger partial charge in [-0.3, -0.25) is 10.1 Å². The van der Waals surface area contributed by atoms with Crippen LogP contribution in [0, 0.1) is 17.0 Å². The maximum atomic E-state index is 10.7. The number of nitrogens with zero attached hydrogens (tertiary/aromatic N) is 1. The molecule has 0 amide bonds.